The SMILES string of the molecule is CCC(=O)C(CC(C)C(=O)c1ccc(-c2ccc(OCCOC)cc2)cc1)C(=O)CCO. The van der Waals surface area contributed by atoms with Crippen molar-refractivity contribution in [1.29, 1.82) is 0 Å². The summed E-state index contributed by atoms with van der Waals surface area (Å²) in [7, 11) is 1.63. The maximum atomic E-state index is 12.9. The molecule has 172 valence electrons. The first kappa shape index (κ1) is 25.4. The number of benzene rings is 2. The van der Waals surface area contributed by atoms with Crippen molar-refractivity contribution in [3.8, 4) is 16.9 Å². The van der Waals surface area contributed by atoms with Gasteiger partial charge in [-0.25, -0.2) is 0 Å². The summed E-state index contributed by atoms with van der Waals surface area (Å²) in [5, 5.41) is 9.03. The lowest BCUT2D eigenvalue weighted by Gasteiger charge is -2.18. The number of ketones is 3. The third-order valence-corrected chi connectivity index (χ3v) is 5.43. The average molecular weight is 441 g/mol. The Morgan fingerprint density at radius 1 is 0.906 bits per heavy atom. The van der Waals surface area contributed by atoms with Crippen molar-refractivity contribution < 1.29 is 29.0 Å². The summed E-state index contributed by atoms with van der Waals surface area (Å²) in [4.78, 5) is 37.3. The number of Topliss-reactive ketones (excluding diaryl/α,β-unsaturated/α-hetero) is 3. The van der Waals surface area contributed by atoms with Gasteiger partial charge < -0.3 is 14.6 Å². The van der Waals surface area contributed by atoms with E-state index in [2.05, 4.69) is 0 Å². The molecule has 32 heavy (non-hydrogen) atoms. The molecule has 2 unspecified atom stereocenters. The van der Waals surface area contributed by atoms with Crippen LogP contribution in [0.25, 0.3) is 11.1 Å². The first-order valence-corrected chi connectivity index (χ1v) is 10.9. The molecule has 0 amide bonds. The number of aliphatic hydroxyl groups is 1. The quantitative estimate of drug-likeness (QED) is 0.270. The molecule has 0 spiro atoms. The first-order valence-electron chi connectivity index (χ1n) is 10.9. The summed E-state index contributed by atoms with van der Waals surface area (Å²) < 4.78 is 10.5. The fourth-order valence-electron chi connectivity index (χ4n) is 3.53. The van der Waals surface area contributed by atoms with Gasteiger partial charge in [0, 0.05) is 38.0 Å². The molecule has 2 rings (SSSR count). The van der Waals surface area contributed by atoms with Gasteiger partial charge in [0.05, 0.1) is 12.5 Å². The zero-order valence-electron chi connectivity index (χ0n) is 19.0. The fourth-order valence-corrected chi connectivity index (χ4v) is 3.53. The third-order valence-electron chi connectivity index (χ3n) is 5.43. The van der Waals surface area contributed by atoms with Crippen LogP contribution in [0.5, 0.6) is 5.75 Å². The second-order valence-corrected chi connectivity index (χ2v) is 7.76. The number of hydrogen-bond acceptors (Lipinski definition) is 6. The molecule has 6 heteroatoms. The number of carbonyl (C=O) groups excluding carboxylic acids is 3. The maximum absolute atomic E-state index is 12.9. The predicted octanol–water partition coefficient (Wildman–Crippen LogP) is 4.13. The Hall–Kier alpha value is -2.83. The van der Waals surface area contributed by atoms with Crippen molar-refractivity contribution in [2.24, 2.45) is 11.8 Å². The van der Waals surface area contributed by atoms with Gasteiger partial charge >= 0.3 is 0 Å². The zero-order chi connectivity index (χ0) is 23.5. The number of carbonyl (C=O) groups is 3. The van der Waals surface area contributed by atoms with Crippen LogP contribution in [0, 0.1) is 11.8 Å². The minimum Gasteiger partial charge on any atom is -0.491 e. The zero-order valence-corrected chi connectivity index (χ0v) is 19.0. The van der Waals surface area contributed by atoms with E-state index in [4.69, 9.17) is 14.6 Å². The van der Waals surface area contributed by atoms with Crippen LogP contribution < -0.4 is 4.74 Å². The average Bonchev–Trinajstić information content (AvgIpc) is 2.82. The molecule has 2 atom stereocenters. The van der Waals surface area contributed by atoms with Crippen LogP contribution in [-0.2, 0) is 14.3 Å². The minimum atomic E-state index is -0.838. The van der Waals surface area contributed by atoms with Gasteiger partial charge in [0.25, 0.3) is 0 Å². The Bertz CT molecular complexity index is 886. The summed E-state index contributed by atoms with van der Waals surface area (Å²) in [6.07, 6.45) is 0.326. The van der Waals surface area contributed by atoms with E-state index in [1.807, 2.05) is 36.4 Å². The summed E-state index contributed by atoms with van der Waals surface area (Å²) in [5.41, 5.74) is 2.51. The minimum absolute atomic E-state index is 0.0672. The summed E-state index contributed by atoms with van der Waals surface area (Å²) in [6.45, 7) is 4.15. The highest BCUT2D eigenvalue weighted by molar-refractivity contribution is 6.04. The molecule has 0 aromatic heterocycles. The molecule has 2 aromatic rings. The molecule has 1 N–H and O–H groups in total. The highest BCUT2D eigenvalue weighted by atomic mass is 16.5. The van der Waals surface area contributed by atoms with Gasteiger partial charge in [-0.2, -0.15) is 0 Å². The van der Waals surface area contributed by atoms with Crippen LogP contribution in [0.4, 0.5) is 0 Å². The smallest absolute Gasteiger partial charge is 0.165 e. The van der Waals surface area contributed by atoms with Crippen LogP contribution in [0.3, 0.4) is 0 Å². The Labute approximate surface area is 189 Å². The molecule has 0 saturated carbocycles. The van der Waals surface area contributed by atoms with E-state index in [0.717, 1.165) is 16.9 Å². The van der Waals surface area contributed by atoms with Crippen molar-refractivity contribution in [1.82, 2.24) is 0 Å². The Balaban J connectivity index is 2.05. The first-order chi connectivity index (χ1) is 15.4. The Morgan fingerprint density at radius 3 is 2.03 bits per heavy atom. The third kappa shape index (κ3) is 7.11. The number of hydrogen-bond donors (Lipinski definition) is 1. The normalized spacial score (nSPS) is 12.8. The van der Waals surface area contributed by atoms with Gasteiger partial charge in [-0.3, -0.25) is 14.4 Å². The van der Waals surface area contributed by atoms with E-state index in [0.29, 0.717) is 18.8 Å². The lowest BCUT2D eigenvalue weighted by atomic mass is 9.83. The molecule has 2 aromatic carbocycles. The van der Waals surface area contributed by atoms with Crippen molar-refractivity contribution in [2.45, 2.75) is 33.1 Å². The van der Waals surface area contributed by atoms with Crippen LogP contribution in [0.2, 0.25) is 0 Å². The number of rotatable bonds is 14. The lowest BCUT2D eigenvalue weighted by molar-refractivity contribution is -0.133. The Morgan fingerprint density at radius 2 is 1.50 bits per heavy atom. The largest absolute Gasteiger partial charge is 0.491 e. The van der Waals surface area contributed by atoms with E-state index in [9.17, 15) is 14.4 Å². The molecule has 6 nitrogen and oxygen atoms in total. The van der Waals surface area contributed by atoms with E-state index in [-0.39, 0.29) is 43.2 Å². The highest BCUT2D eigenvalue weighted by Crippen LogP contribution is 2.25. The number of ether oxygens (including phenoxy) is 2. The number of methoxy groups -OCH3 is 1. The molecule has 0 bridgehead atoms. The van der Waals surface area contributed by atoms with Crippen LogP contribution >= 0.6 is 0 Å². The van der Waals surface area contributed by atoms with E-state index >= 15 is 0 Å². The van der Waals surface area contributed by atoms with E-state index < -0.39 is 11.8 Å². The van der Waals surface area contributed by atoms with Crippen molar-refractivity contribution in [2.75, 3.05) is 26.9 Å². The monoisotopic (exact) mass is 440 g/mol. The fraction of sp³-hybridized carbons (Fsp3) is 0.423. The molecule has 0 radical (unpaired) electrons. The summed E-state index contributed by atoms with van der Waals surface area (Å²) >= 11 is 0. The molecule has 0 aliphatic rings. The molecule has 0 aliphatic heterocycles. The molecular weight excluding hydrogens is 408 g/mol. The lowest BCUT2D eigenvalue weighted by Crippen LogP contribution is -2.28. The molecular formula is C26H32O6. The van der Waals surface area contributed by atoms with E-state index in [1.165, 1.54) is 0 Å². The molecule has 0 saturated heterocycles. The van der Waals surface area contributed by atoms with E-state index in [1.54, 1.807) is 33.1 Å². The van der Waals surface area contributed by atoms with Crippen molar-refractivity contribution in [3.05, 3.63) is 54.1 Å². The Kier molecular flexibility index (Phi) is 10.2. The van der Waals surface area contributed by atoms with Gasteiger partial charge in [-0.05, 0) is 29.7 Å². The van der Waals surface area contributed by atoms with Gasteiger partial charge in [0.15, 0.2) is 5.78 Å². The molecule has 0 heterocycles. The van der Waals surface area contributed by atoms with Gasteiger partial charge in [0.2, 0.25) is 0 Å². The number of aliphatic hydroxyl groups excluding tert-OH is 1. The van der Waals surface area contributed by atoms with Gasteiger partial charge in [0.1, 0.15) is 23.9 Å². The summed E-state index contributed by atoms with van der Waals surface area (Å²) in [6, 6.07) is 15.0. The van der Waals surface area contributed by atoms with Crippen molar-refractivity contribution in [3.63, 3.8) is 0 Å². The van der Waals surface area contributed by atoms with Gasteiger partial charge in [-0.15, -0.1) is 0 Å². The van der Waals surface area contributed by atoms with Crippen molar-refractivity contribution >= 4 is 17.3 Å². The summed E-state index contributed by atoms with van der Waals surface area (Å²) in [5.74, 6) is -1.15. The predicted molar refractivity (Wildman–Crippen MR) is 123 cm³/mol. The van der Waals surface area contributed by atoms with Crippen LogP contribution in [0.15, 0.2) is 48.5 Å². The highest BCUT2D eigenvalue weighted by Gasteiger charge is 2.29. The van der Waals surface area contributed by atoms with Gasteiger partial charge in [-0.1, -0.05) is 50.2 Å². The van der Waals surface area contributed by atoms with Crippen LogP contribution in [0.1, 0.15) is 43.5 Å². The second kappa shape index (κ2) is 12.9. The maximum Gasteiger partial charge on any atom is 0.165 e. The van der Waals surface area contributed by atoms with Crippen LogP contribution in [-0.4, -0.2) is 49.4 Å². The topological polar surface area (TPSA) is 89.9 Å². The standard InChI is InChI=1S/C26H32O6/c1-4-24(28)23(25(29)13-14-27)17-18(2)26(30)21-7-5-19(6-8-21)20-9-11-22(12-10-20)32-16-15-31-3/h5-12,18,23,27H,4,13-17H2,1-3H3. The second-order valence-electron chi connectivity index (χ2n) is 7.76. The molecule has 0 fully saturated rings. The molecule has 0 aliphatic carbocycles.